The Morgan fingerprint density at radius 2 is 1.96 bits per heavy atom. The number of aryl methyl sites for hydroxylation is 1. The lowest BCUT2D eigenvalue weighted by atomic mass is 10.1. The topological polar surface area (TPSA) is 88.9 Å². The monoisotopic (exact) mass is 345 g/mol. The van der Waals surface area contributed by atoms with Crippen LogP contribution in [-0.4, -0.2) is 33.8 Å². The normalized spacial score (nSPS) is 14.9. The van der Waals surface area contributed by atoms with E-state index in [1.54, 1.807) is 0 Å². The molecule has 24 heavy (non-hydrogen) atoms. The van der Waals surface area contributed by atoms with Crippen molar-refractivity contribution in [1.82, 2.24) is 25.4 Å². The first-order valence-electron chi connectivity index (χ1n) is 7.76. The molecule has 0 radical (unpaired) electrons. The number of rotatable bonds is 5. The summed E-state index contributed by atoms with van der Waals surface area (Å²) in [5.41, 5.74) is 0.812. The summed E-state index contributed by atoms with van der Waals surface area (Å²) in [7, 11) is 1.47. The Kier molecular flexibility index (Phi) is 4.84. The predicted octanol–water partition coefficient (Wildman–Crippen LogP) is 2.21. The number of benzene rings is 1. The van der Waals surface area contributed by atoms with Gasteiger partial charge in [0.25, 0.3) is 0 Å². The zero-order chi connectivity index (χ0) is 17.1. The maximum Gasteiger partial charge on any atom is 0.321 e. The van der Waals surface area contributed by atoms with Gasteiger partial charge in [0, 0.05) is 13.1 Å². The molecule has 1 heterocycles. The van der Waals surface area contributed by atoms with E-state index in [2.05, 4.69) is 25.4 Å². The summed E-state index contributed by atoms with van der Waals surface area (Å²) in [5, 5.41) is 13.2. The molecule has 1 aromatic carbocycles. The summed E-state index contributed by atoms with van der Waals surface area (Å²) < 4.78 is 2.08. The Morgan fingerprint density at radius 3 is 2.58 bits per heavy atom. The molecule has 1 aliphatic carbocycles. The van der Waals surface area contributed by atoms with Crippen molar-refractivity contribution >= 4 is 23.7 Å². The van der Waals surface area contributed by atoms with Gasteiger partial charge in [-0.2, -0.15) is 0 Å². The molecule has 1 aliphatic rings. The van der Waals surface area contributed by atoms with E-state index in [4.69, 9.17) is 0 Å². The number of carbonyl (C=O) groups is 2. The highest BCUT2D eigenvalue weighted by Crippen LogP contribution is 2.42. The molecule has 126 valence electrons. The number of amides is 3. The van der Waals surface area contributed by atoms with E-state index in [0.717, 1.165) is 24.2 Å². The van der Waals surface area contributed by atoms with Crippen LogP contribution in [0.2, 0.25) is 0 Å². The van der Waals surface area contributed by atoms with Gasteiger partial charge in [-0.3, -0.25) is 10.1 Å². The largest absolute Gasteiger partial charge is 0.341 e. The van der Waals surface area contributed by atoms with Crippen molar-refractivity contribution < 1.29 is 9.59 Å². The van der Waals surface area contributed by atoms with Crippen LogP contribution in [-0.2, 0) is 4.79 Å². The summed E-state index contributed by atoms with van der Waals surface area (Å²) in [6, 6.07) is 9.25. The van der Waals surface area contributed by atoms with Crippen molar-refractivity contribution in [3.63, 3.8) is 0 Å². The van der Waals surface area contributed by atoms with Gasteiger partial charge in [0.15, 0.2) is 5.16 Å². The molecule has 1 atom stereocenters. The third-order valence-electron chi connectivity index (χ3n) is 3.77. The lowest BCUT2D eigenvalue weighted by molar-refractivity contribution is -0.119. The molecule has 1 aromatic heterocycles. The molecule has 2 N–H and O–H groups in total. The van der Waals surface area contributed by atoms with Crippen molar-refractivity contribution in [1.29, 1.82) is 0 Å². The molecule has 1 fully saturated rings. The highest BCUT2D eigenvalue weighted by Gasteiger charge is 2.31. The molecular formula is C16H19N5O2S. The van der Waals surface area contributed by atoms with E-state index < -0.39 is 11.3 Å². The number of aromatic nitrogens is 3. The molecule has 3 rings (SSSR count). The number of thioether (sulfide) groups is 1. The quantitative estimate of drug-likeness (QED) is 0.811. The van der Waals surface area contributed by atoms with Gasteiger partial charge in [-0.25, -0.2) is 4.79 Å². The van der Waals surface area contributed by atoms with Gasteiger partial charge in [0.05, 0.1) is 0 Å². The highest BCUT2D eigenvalue weighted by atomic mass is 32.2. The molecule has 0 unspecified atom stereocenters. The molecule has 0 aliphatic heterocycles. The number of imide groups is 1. The molecule has 2 aromatic rings. The van der Waals surface area contributed by atoms with Crippen LogP contribution < -0.4 is 10.6 Å². The zero-order valence-corrected chi connectivity index (χ0v) is 14.3. The molecule has 0 bridgehead atoms. The van der Waals surface area contributed by atoms with Gasteiger partial charge < -0.3 is 9.88 Å². The molecule has 8 heteroatoms. The van der Waals surface area contributed by atoms with Crippen LogP contribution in [0.4, 0.5) is 4.79 Å². The van der Waals surface area contributed by atoms with Gasteiger partial charge in [-0.15, -0.1) is 10.2 Å². The molecule has 0 saturated heterocycles. The fourth-order valence-corrected chi connectivity index (χ4v) is 3.58. The van der Waals surface area contributed by atoms with Crippen LogP contribution in [0.3, 0.4) is 0 Å². The maximum absolute atomic E-state index is 12.6. The molecular weight excluding hydrogens is 326 g/mol. The van der Waals surface area contributed by atoms with Crippen molar-refractivity contribution in [2.75, 3.05) is 7.05 Å². The van der Waals surface area contributed by atoms with Crippen molar-refractivity contribution in [3.05, 3.63) is 41.7 Å². The minimum absolute atomic E-state index is 0.381. The Bertz CT molecular complexity index is 742. The minimum Gasteiger partial charge on any atom is -0.341 e. The second kappa shape index (κ2) is 7.04. The third-order valence-corrected chi connectivity index (χ3v) is 4.99. The van der Waals surface area contributed by atoms with Gasteiger partial charge in [0.2, 0.25) is 5.91 Å². The summed E-state index contributed by atoms with van der Waals surface area (Å²) in [6.07, 6.45) is 2.21. The van der Waals surface area contributed by atoms with Crippen LogP contribution >= 0.6 is 11.8 Å². The maximum atomic E-state index is 12.6. The first kappa shape index (κ1) is 16.5. The van der Waals surface area contributed by atoms with E-state index in [1.807, 2.05) is 37.3 Å². The fourth-order valence-electron chi connectivity index (χ4n) is 2.43. The number of nitrogens with zero attached hydrogens (tertiary/aromatic N) is 3. The van der Waals surface area contributed by atoms with Crippen molar-refractivity contribution in [2.24, 2.45) is 0 Å². The fraction of sp³-hybridized carbons (Fsp3) is 0.375. The lowest BCUT2D eigenvalue weighted by Crippen LogP contribution is -2.39. The first-order valence-corrected chi connectivity index (χ1v) is 8.63. The van der Waals surface area contributed by atoms with E-state index >= 15 is 0 Å². The minimum atomic E-state index is -0.579. The molecule has 0 spiro atoms. The van der Waals surface area contributed by atoms with Crippen molar-refractivity contribution in [2.45, 2.75) is 36.2 Å². The second-order valence-electron chi connectivity index (χ2n) is 5.61. The predicted molar refractivity (Wildman–Crippen MR) is 90.7 cm³/mol. The van der Waals surface area contributed by atoms with Gasteiger partial charge in [-0.05, 0) is 25.3 Å². The van der Waals surface area contributed by atoms with Crippen LogP contribution in [0.15, 0.2) is 35.5 Å². The van der Waals surface area contributed by atoms with Crippen LogP contribution in [0.25, 0.3) is 0 Å². The first-order chi connectivity index (χ1) is 11.6. The van der Waals surface area contributed by atoms with Crippen molar-refractivity contribution in [3.8, 4) is 0 Å². The highest BCUT2D eigenvalue weighted by molar-refractivity contribution is 8.00. The molecule has 1 saturated carbocycles. The number of hydrogen-bond donors (Lipinski definition) is 2. The molecule has 3 amide bonds. The summed E-state index contributed by atoms with van der Waals surface area (Å²) in [5.74, 6) is 0.465. The van der Waals surface area contributed by atoms with Gasteiger partial charge in [-0.1, -0.05) is 42.1 Å². The number of nitrogens with one attached hydrogen (secondary N) is 2. The summed E-state index contributed by atoms with van der Waals surface area (Å²) in [4.78, 5) is 24.1. The van der Waals surface area contributed by atoms with Crippen LogP contribution in [0.1, 0.15) is 35.5 Å². The Labute approximate surface area is 144 Å². The van der Waals surface area contributed by atoms with E-state index in [9.17, 15) is 9.59 Å². The van der Waals surface area contributed by atoms with Gasteiger partial charge >= 0.3 is 6.03 Å². The Morgan fingerprint density at radius 1 is 1.25 bits per heavy atom. The third kappa shape index (κ3) is 3.59. The van der Waals surface area contributed by atoms with E-state index in [0.29, 0.717) is 11.2 Å². The van der Waals surface area contributed by atoms with Crippen LogP contribution in [0.5, 0.6) is 0 Å². The number of carbonyl (C=O) groups excluding carboxylic acids is 2. The second-order valence-corrected chi connectivity index (χ2v) is 6.68. The zero-order valence-electron chi connectivity index (χ0n) is 13.5. The van der Waals surface area contributed by atoms with Gasteiger partial charge in [0.1, 0.15) is 11.1 Å². The summed E-state index contributed by atoms with van der Waals surface area (Å²) in [6.45, 7) is 1.91. The Balaban J connectivity index is 1.88. The lowest BCUT2D eigenvalue weighted by Gasteiger charge is -2.16. The Hall–Kier alpha value is -2.35. The van der Waals surface area contributed by atoms with Crippen LogP contribution in [0, 0.1) is 6.92 Å². The number of urea groups is 1. The van der Waals surface area contributed by atoms with E-state index in [-0.39, 0.29) is 5.91 Å². The smallest absolute Gasteiger partial charge is 0.321 e. The summed E-state index contributed by atoms with van der Waals surface area (Å²) >= 11 is 1.32. The SMILES string of the molecule is CNC(=O)NC(=O)[C@@H](Sc1nnc(C)n1C1CC1)c1ccccc1. The average molecular weight is 345 g/mol. The molecule has 7 nitrogen and oxygen atoms in total. The standard InChI is InChI=1S/C16H19N5O2S/c1-10-19-20-16(21(10)12-8-9-12)24-13(11-6-4-3-5-7-11)14(22)18-15(23)17-2/h3-7,12-13H,8-9H2,1-2H3,(H2,17,18,22,23)/t13-/m0/s1. The average Bonchev–Trinajstić information content (AvgIpc) is 3.36. The number of hydrogen-bond acceptors (Lipinski definition) is 5. The van der Waals surface area contributed by atoms with E-state index in [1.165, 1.54) is 18.8 Å².